The van der Waals surface area contributed by atoms with Gasteiger partial charge < -0.3 is 8.75 Å². The zero-order valence-electron chi connectivity index (χ0n) is 14.6. The molecule has 2 aromatic carbocycles. The van der Waals surface area contributed by atoms with Gasteiger partial charge in [-0.2, -0.15) is 21.6 Å². The third-order valence-electron chi connectivity index (χ3n) is 3.83. The quantitative estimate of drug-likeness (QED) is 0.302. The highest BCUT2D eigenvalue weighted by Crippen LogP contribution is 2.35. The van der Waals surface area contributed by atoms with E-state index in [0.29, 0.717) is 21.9 Å². The first-order chi connectivity index (χ1) is 13.0. The molecule has 3 aromatic rings. The fraction of sp³-hybridized carbons (Fsp3) is 0.235. The number of imidazole rings is 1. The lowest BCUT2D eigenvalue weighted by molar-refractivity contribution is -0.0500. The van der Waals surface area contributed by atoms with E-state index in [-0.39, 0.29) is 0 Å². The van der Waals surface area contributed by atoms with Crippen LogP contribution < -0.4 is 4.18 Å². The van der Waals surface area contributed by atoms with Crippen molar-refractivity contribution in [1.29, 1.82) is 0 Å². The summed E-state index contributed by atoms with van der Waals surface area (Å²) in [7, 11) is -3.99. The van der Waals surface area contributed by atoms with Gasteiger partial charge in [0, 0.05) is 28.6 Å². The number of fused-ring (bicyclic) bond motifs is 1. The molecular formula is C17H14ClF3N2O3S2. The number of aromatic nitrogens is 2. The SMILES string of the molecule is CCSc1cc(Cl)ccc1-c1nc2cc(OS(=O)(=O)C(F)(F)F)ccc2n1C. The van der Waals surface area contributed by atoms with Gasteiger partial charge in [-0.15, -0.1) is 11.8 Å². The number of thioether (sulfide) groups is 1. The van der Waals surface area contributed by atoms with Gasteiger partial charge in [0.2, 0.25) is 0 Å². The van der Waals surface area contributed by atoms with E-state index >= 15 is 0 Å². The second kappa shape index (κ2) is 7.49. The number of benzene rings is 2. The van der Waals surface area contributed by atoms with Gasteiger partial charge in [-0.3, -0.25) is 0 Å². The summed E-state index contributed by atoms with van der Waals surface area (Å²) in [6.07, 6.45) is 0. The van der Waals surface area contributed by atoms with Crippen LogP contribution in [-0.4, -0.2) is 29.2 Å². The second-order valence-electron chi connectivity index (χ2n) is 5.70. The van der Waals surface area contributed by atoms with Crippen LogP contribution in [0.15, 0.2) is 41.3 Å². The van der Waals surface area contributed by atoms with Crippen LogP contribution in [0.25, 0.3) is 22.4 Å². The summed E-state index contributed by atoms with van der Waals surface area (Å²) >= 11 is 7.65. The summed E-state index contributed by atoms with van der Waals surface area (Å²) in [6, 6.07) is 9.11. The number of aryl methyl sites for hydroxylation is 1. The predicted octanol–water partition coefficient (Wildman–Crippen LogP) is 5.23. The molecule has 0 amide bonds. The first kappa shape index (κ1) is 20.8. The fourth-order valence-corrected chi connectivity index (χ4v) is 4.13. The van der Waals surface area contributed by atoms with Gasteiger partial charge >= 0.3 is 15.6 Å². The van der Waals surface area contributed by atoms with Crippen molar-refractivity contribution < 1.29 is 25.8 Å². The van der Waals surface area contributed by atoms with Crippen LogP contribution in [0, 0.1) is 0 Å². The number of hydrogen-bond donors (Lipinski definition) is 0. The number of halogens is 4. The molecule has 150 valence electrons. The predicted molar refractivity (Wildman–Crippen MR) is 103 cm³/mol. The summed E-state index contributed by atoms with van der Waals surface area (Å²) in [5.41, 5.74) is -3.79. The summed E-state index contributed by atoms with van der Waals surface area (Å²) in [5.74, 6) is 0.914. The molecule has 0 fully saturated rings. The molecule has 1 heterocycles. The molecule has 0 atom stereocenters. The highest BCUT2D eigenvalue weighted by Gasteiger charge is 2.48. The van der Waals surface area contributed by atoms with Crippen LogP contribution in [0.1, 0.15) is 6.92 Å². The number of hydrogen-bond acceptors (Lipinski definition) is 5. The molecule has 0 N–H and O–H groups in total. The van der Waals surface area contributed by atoms with Gasteiger partial charge in [0.05, 0.1) is 11.0 Å². The molecule has 0 radical (unpaired) electrons. The van der Waals surface area contributed by atoms with Crippen molar-refractivity contribution in [2.45, 2.75) is 17.3 Å². The number of rotatable bonds is 5. The van der Waals surface area contributed by atoms with Crippen molar-refractivity contribution in [3.05, 3.63) is 41.4 Å². The van der Waals surface area contributed by atoms with Gasteiger partial charge in [-0.05, 0) is 36.1 Å². The smallest absolute Gasteiger partial charge is 0.376 e. The number of alkyl halides is 3. The Morgan fingerprint density at radius 3 is 2.57 bits per heavy atom. The molecule has 28 heavy (non-hydrogen) atoms. The molecule has 5 nitrogen and oxygen atoms in total. The minimum Gasteiger partial charge on any atom is -0.376 e. The van der Waals surface area contributed by atoms with E-state index in [2.05, 4.69) is 9.17 Å². The van der Waals surface area contributed by atoms with Gasteiger partial charge in [-0.25, -0.2) is 4.98 Å². The summed E-state index contributed by atoms with van der Waals surface area (Å²) in [5, 5.41) is 0.575. The minimum atomic E-state index is -5.75. The lowest BCUT2D eigenvalue weighted by atomic mass is 10.2. The topological polar surface area (TPSA) is 61.2 Å². The maximum atomic E-state index is 12.5. The summed E-state index contributed by atoms with van der Waals surface area (Å²) < 4.78 is 65.9. The Balaban J connectivity index is 2.08. The molecule has 0 aliphatic heterocycles. The largest absolute Gasteiger partial charge is 0.534 e. The van der Waals surface area contributed by atoms with Crippen LogP contribution in [0.3, 0.4) is 0 Å². The normalized spacial score (nSPS) is 12.5. The van der Waals surface area contributed by atoms with E-state index < -0.39 is 21.4 Å². The Bertz CT molecular complexity index is 1140. The van der Waals surface area contributed by atoms with E-state index in [0.717, 1.165) is 28.3 Å². The van der Waals surface area contributed by atoms with Gasteiger partial charge in [0.15, 0.2) is 0 Å². The maximum Gasteiger partial charge on any atom is 0.534 e. The van der Waals surface area contributed by atoms with Crippen LogP contribution >= 0.6 is 23.4 Å². The average molecular weight is 451 g/mol. The molecule has 0 unspecified atom stereocenters. The molecule has 0 spiro atoms. The van der Waals surface area contributed by atoms with E-state index in [1.807, 2.05) is 19.1 Å². The van der Waals surface area contributed by atoms with Gasteiger partial charge in [-0.1, -0.05) is 18.5 Å². The van der Waals surface area contributed by atoms with Crippen molar-refractivity contribution in [3.63, 3.8) is 0 Å². The fourth-order valence-electron chi connectivity index (χ4n) is 2.60. The summed E-state index contributed by atoms with van der Waals surface area (Å²) in [6.45, 7) is 2.00. The maximum absolute atomic E-state index is 12.5. The Labute approximate surface area is 168 Å². The van der Waals surface area contributed by atoms with Crippen LogP contribution in [-0.2, 0) is 17.2 Å². The molecule has 11 heteroatoms. The average Bonchev–Trinajstić information content (AvgIpc) is 2.90. The lowest BCUT2D eigenvalue weighted by Crippen LogP contribution is -2.28. The van der Waals surface area contributed by atoms with E-state index in [1.54, 1.807) is 29.4 Å². The first-order valence-electron chi connectivity index (χ1n) is 7.93. The highest BCUT2D eigenvalue weighted by atomic mass is 35.5. The molecule has 1 aromatic heterocycles. The van der Waals surface area contributed by atoms with E-state index in [9.17, 15) is 21.6 Å². The van der Waals surface area contributed by atoms with Crippen molar-refractivity contribution >= 4 is 44.5 Å². The Kier molecular flexibility index (Phi) is 5.57. The minimum absolute atomic E-state index is 0.301. The second-order valence-corrected chi connectivity index (χ2v) is 8.98. The standard InChI is InChI=1S/C17H14ClF3N2O3S2/c1-3-27-15-8-10(18)4-6-12(15)16-22-13-9-11(5-7-14(13)23(16)2)26-28(24,25)17(19,20)21/h4-9H,3H2,1-2H3. The van der Waals surface area contributed by atoms with E-state index in [1.165, 1.54) is 6.07 Å². The Hall–Kier alpha value is -1.91. The monoisotopic (exact) mass is 450 g/mol. The van der Waals surface area contributed by atoms with Gasteiger partial charge in [0.1, 0.15) is 11.6 Å². The highest BCUT2D eigenvalue weighted by molar-refractivity contribution is 7.99. The molecular weight excluding hydrogens is 437 g/mol. The lowest BCUT2D eigenvalue weighted by Gasteiger charge is -2.09. The van der Waals surface area contributed by atoms with Gasteiger partial charge in [0.25, 0.3) is 0 Å². The zero-order chi connectivity index (χ0) is 20.7. The third kappa shape index (κ3) is 3.94. The molecule has 0 bridgehead atoms. The van der Waals surface area contributed by atoms with Crippen molar-refractivity contribution in [3.8, 4) is 17.1 Å². The van der Waals surface area contributed by atoms with Crippen molar-refractivity contribution in [1.82, 2.24) is 9.55 Å². The molecule has 0 aliphatic carbocycles. The van der Waals surface area contributed by atoms with Crippen LogP contribution in [0.5, 0.6) is 5.75 Å². The van der Waals surface area contributed by atoms with Crippen LogP contribution in [0.2, 0.25) is 5.02 Å². The van der Waals surface area contributed by atoms with E-state index in [4.69, 9.17) is 11.6 Å². The Morgan fingerprint density at radius 2 is 1.93 bits per heavy atom. The van der Waals surface area contributed by atoms with Crippen molar-refractivity contribution in [2.75, 3.05) is 5.75 Å². The first-order valence-corrected chi connectivity index (χ1v) is 10.7. The molecule has 0 saturated heterocycles. The number of nitrogens with zero attached hydrogens (tertiary/aromatic N) is 2. The molecule has 0 saturated carbocycles. The van der Waals surface area contributed by atoms with Crippen molar-refractivity contribution in [2.24, 2.45) is 7.05 Å². The third-order valence-corrected chi connectivity index (χ3v) is 5.98. The molecule has 3 rings (SSSR count). The van der Waals surface area contributed by atoms with Crippen LogP contribution in [0.4, 0.5) is 13.2 Å². The Morgan fingerprint density at radius 1 is 1.21 bits per heavy atom. The summed E-state index contributed by atoms with van der Waals surface area (Å²) in [4.78, 5) is 5.37. The molecule has 0 aliphatic rings. The zero-order valence-corrected chi connectivity index (χ0v) is 17.0.